The Morgan fingerprint density at radius 2 is 2.15 bits per heavy atom. The number of benzene rings is 1. The van der Waals surface area contributed by atoms with Gasteiger partial charge in [0.15, 0.2) is 5.22 Å². The van der Waals surface area contributed by atoms with Crippen molar-refractivity contribution in [2.24, 2.45) is 5.84 Å². The molecule has 0 saturated carbocycles. The molecule has 2 unspecified atom stereocenters. The zero-order valence-electron chi connectivity index (χ0n) is 11.3. The van der Waals surface area contributed by atoms with E-state index in [9.17, 15) is 0 Å². The van der Waals surface area contributed by atoms with E-state index in [4.69, 9.17) is 21.9 Å². The first kappa shape index (κ1) is 13.7. The fraction of sp³-hybridized carbons (Fsp3) is 0.375. The van der Waals surface area contributed by atoms with Crippen molar-refractivity contribution in [1.82, 2.24) is 5.43 Å². The molecule has 3 nitrogen and oxygen atoms in total. The Balaban J connectivity index is 1.80. The number of nitrogens with one attached hydrogen (secondary N) is 1. The Morgan fingerprint density at radius 3 is 2.90 bits per heavy atom. The van der Waals surface area contributed by atoms with Gasteiger partial charge in [-0.15, -0.1) is 0 Å². The summed E-state index contributed by atoms with van der Waals surface area (Å²) in [5.41, 5.74) is 5.78. The minimum atomic E-state index is -0.00124. The van der Waals surface area contributed by atoms with Gasteiger partial charge in [0.05, 0.1) is 6.04 Å². The number of rotatable bonds is 4. The molecule has 1 aromatic carbocycles. The van der Waals surface area contributed by atoms with Crippen LogP contribution in [0.5, 0.6) is 0 Å². The minimum absolute atomic E-state index is 0.00124. The van der Waals surface area contributed by atoms with E-state index in [1.54, 1.807) is 6.07 Å². The third-order valence-electron chi connectivity index (χ3n) is 4.15. The second kappa shape index (κ2) is 6.00. The van der Waals surface area contributed by atoms with Crippen LogP contribution < -0.4 is 11.3 Å². The van der Waals surface area contributed by atoms with E-state index in [2.05, 4.69) is 29.7 Å². The van der Waals surface area contributed by atoms with E-state index in [1.165, 1.54) is 30.4 Å². The molecule has 3 rings (SSSR count). The lowest BCUT2D eigenvalue weighted by Gasteiger charge is -2.28. The van der Waals surface area contributed by atoms with E-state index in [0.29, 0.717) is 11.1 Å². The first-order chi connectivity index (χ1) is 9.78. The normalized spacial score (nSPS) is 19.6. The maximum atomic E-state index is 5.85. The predicted molar refractivity (Wildman–Crippen MR) is 80.5 cm³/mol. The molecule has 2 aromatic rings. The van der Waals surface area contributed by atoms with Crippen LogP contribution in [-0.2, 0) is 6.42 Å². The van der Waals surface area contributed by atoms with Gasteiger partial charge >= 0.3 is 0 Å². The van der Waals surface area contributed by atoms with E-state index in [-0.39, 0.29) is 6.04 Å². The summed E-state index contributed by atoms with van der Waals surface area (Å²) in [4.78, 5) is 0. The number of furan rings is 1. The smallest absolute Gasteiger partial charge is 0.193 e. The van der Waals surface area contributed by atoms with Crippen LogP contribution >= 0.6 is 11.6 Å². The summed E-state index contributed by atoms with van der Waals surface area (Å²) in [7, 11) is 0. The second-order valence-electron chi connectivity index (χ2n) is 5.38. The van der Waals surface area contributed by atoms with Gasteiger partial charge in [-0.2, -0.15) is 0 Å². The second-order valence-corrected chi connectivity index (χ2v) is 5.76. The number of aryl methyl sites for hydroxylation is 1. The highest BCUT2D eigenvalue weighted by atomic mass is 35.5. The summed E-state index contributed by atoms with van der Waals surface area (Å²) in [6.45, 7) is 0. The lowest BCUT2D eigenvalue weighted by molar-refractivity contribution is 0.364. The van der Waals surface area contributed by atoms with Crippen LogP contribution in [0.2, 0.25) is 5.22 Å². The molecule has 2 atom stereocenters. The van der Waals surface area contributed by atoms with Gasteiger partial charge in [0, 0.05) is 0 Å². The lowest BCUT2D eigenvalue weighted by Crippen LogP contribution is -2.29. The van der Waals surface area contributed by atoms with Gasteiger partial charge in [0.2, 0.25) is 0 Å². The Kier molecular flexibility index (Phi) is 4.10. The van der Waals surface area contributed by atoms with Gasteiger partial charge in [-0.25, -0.2) is 5.43 Å². The highest BCUT2D eigenvalue weighted by Gasteiger charge is 2.25. The van der Waals surface area contributed by atoms with Gasteiger partial charge in [-0.1, -0.05) is 24.3 Å². The number of hydrogen-bond donors (Lipinski definition) is 2. The van der Waals surface area contributed by atoms with Crippen LogP contribution in [0.4, 0.5) is 0 Å². The Morgan fingerprint density at radius 1 is 1.30 bits per heavy atom. The molecule has 20 heavy (non-hydrogen) atoms. The first-order valence-corrected chi connectivity index (χ1v) is 7.45. The molecule has 4 heteroatoms. The molecule has 1 aliphatic rings. The standard InChI is InChI=1S/C16H19ClN2O/c17-16-9-8-15(20-16)14(19-18)10-12-6-3-5-11-4-1-2-7-13(11)12/h1-2,4,7-9,12,14,19H,3,5-6,10,18H2. The summed E-state index contributed by atoms with van der Waals surface area (Å²) in [6, 6.07) is 12.4. The van der Waals surface area contributed by atoms with Crippen molar-refractivity contribution in [3.63, 3.8) is 0 Å². The van der Waals surface area contributed by atoms with Crippen molar-refractivity contribution in [3.8, 4) is 0 Å². The van der Waals surface area contributed by atoms with Crippen molar-refractivity contribution in [3.05, 3.63) is 58.5 Å². The summed E-state index contributed by atoms with van der Waals surface area (Å²) in [6.07, 6.45) is 4.54. The van der Waals surface area contributed by atoms with Crippen molar-refractivity contribution in [2.75, 3.05) is 0 Å². The third-order valence-corrected chi connectivity index (χ3v) is 4.36. The molecular formula is C16H19ClN2O. The molecule has 1 aromatic heterocycles. The van der Waals surface area contributed by atoms with E-state index in [0.717, 1.165) is 12.2 Å². The van der Waals surface area contributed by atoms with E-state index < -0.39 is 0 Å². The summed E-state index contributed by atoms with van der Waals surface area (Å²) < 4.78 is 5.49. The molecule has 0 spiro atoms. The molecule has 3 N–H and O–H groups in total. The molecule has 0 amide bonds. The molecule has 0 radical (unpaired) electrons. The largest absolute Gasteiger partial charge is 0.448 e. The molecule has 0 bridgehead atoms. The van der Waals surface area contributed by atoms with E-state index in [1.807, 2.05) is 6.07 Å². The predicted octanol–water partition coefficient (Wildman–Crippen LogP) is 3.95. The Hall–Kier alpha value is -1.29. The highest BCUT2D eigenvalue weighted by Crippen LogP contribution is 2.37. The lowest BCUT2D eigenvalue weighted by atomic mass is 9.79. The maximum absolute atomic E-state index is 5.85. The van der Waals surface area contributed by atoms with Crippen LogP contribution in [-0.4, -0.2) is 0 Å². The van der Waals surface area contributed by atoms with Crippen LogP contribution in [0, 0.1) is 0 Å². The zero-order chi connectivity index (χ0) is 13.9. The average molecular weight is 291 g/mol. The molecule has 0 aliphatic heterocycles. The van der Waals surface area contributed by atoms with Crippen LogP contribution in [0.1, 0.15) is 48.1 Å². The van der Waals surface area contributed by atoms with Crippen molar-refractivity contribution >= 4 is 11.6 Å². The van der Waals surface area contributed by atoms with Gasteiger partial charge in [0.1, 0.15) is 5.76 Å². The Bertz CT molecular complexity index is 581. The van der Waals surface area contributed by atoms with Crippen LogP contribution in [0.25, 0.3) is 0 Å². The number of fused-ring (bicyclic) bond motifs is 1. The number of nitrogens with two attached hydrogens (primary N) is 1. The van der Waals surface area contributed by atoms with Gasteiger partial charge in [0.25, 0.3) is 0 Å². The average Bonchev–Trinajstić information content (AvgIpc) is 2.91. The number of hydrazine groups is 1. The summed E-state index contributed by atoms with van der Waals surface area (Å²) >= 11 is 5.85. The monoisotopic (exact) mass is 290 g/mol. The minimum Gasteiger partial charge on any atom is -0.448 e. The zero-order valence-corrected chi connectivity index (χ0v) is 12.1. The molecule has 0 fully saturated rings. The van der Waals surface area contributed by atoms with Crippen molar-refractivity contribution in [2.45, 2.75) is 37.6 Å². The molecule has 0 saturated heterocycles. The fourth-order valence-corrected chi connectivity index (χ4v) is 3.32. The maximum Gasteiger partial charge on any atom is 0.193 e. The highest BCUT2D eigenvalue weighted by molar-refractivity contribution is 6.28. The van der Waals surface area contributed by atoms with Crippen LogP contribution in [0.15, 0.2) is 40.8 Å². The summed E-state index contributed by atoms with van der Waals surface area (Å²) in [5, 5.41) is 0.407. The van der Waals surface area contributed by atoms with Gasteiger partial charge in [-0.3, -0.25) is 5.84 Å². The number of halogens is 1. The van der Waals surface area contributed by atoms with Crippen molar-refractivity contribution < 1.29 is 4.42 Å². The SMILES string of the molecule is NNC(CC1CCCc2ccccc21)c1ccc(Cl)o1. The number of hydrogen-bond acceptors (Lipinski definition) is 3. The molecule has 1 aliphatic carbocycles. The third kappa shape index (κ3) is 2.75. The van der Waals surface area contributed by atoms with E-state index >= 15 is 0 Å². The van der Waals surface area contributed by atoms with Crippen molar-refractivity contribution in [1.29, 1.82) is 0 Å². The first-order valence-electron chi connectivity index (χ1n) is 7.07. The summed E-state index contributed by atoms with van der Waals surface area (Å²) in [5.74, 6) is 7.02. The van der Waals surface area contributed by atoms with Gasteiger partial charge in [-0.05, 0) is 66.5 Å². The fourth-order valence-electron chi connectivity index (χ4n) is 3.17. The molecule has 106 valence electrons. The van der Waals surface area contributed by atoms with Crippen LogP contribution in [0.3, 0.4) is 0 Å². The van der Waals surface area contributed by atoms with Gasteiger partial charge < -0.3 is 4.42 Å². The molecular weight excluding hydrogens is 272 g/mol. The Labute approximate surface area is 124 Å². The molecule has 1 heterocycles. The quantitative estimate of drug-likeness (QED) is 0.662. The topological polar surface area (TPSA) is 51.2 Å².